The molecule has 2 atom stereocenters. The number of rotatable bonds is 10. The maximum Gasteiger partial charge on any atom is 1.00 e. The van der Waals surface area contributed by atoms with Crippen molar-refractivity contribution in [2.45, 2.75) is 67.5 Å². The fourth-order valence-electron chi connectivity index (χ4n) is 10.4. The summed E-state index contributed by atoms with van der Waals surface area (Å²) >= 11 is 0. The Hall–Kier alpha value is -5.81. The van der Waals surface area contributed by atoms with Crippen LogP contribution < -0.4 is 43.3 Å². The van der Waals surface area contributed by atoms with Crippen LogP contribution in [0.15, 0.2) is 206 Å². The normalized spacial score (nSPS) is 11.9. The maximum atomic E-state index is 6.15. The van der Waals surface area contributed by atoms with Crippen LogP contribution in [0.1, 0.15) is 67.7 Å². The molecule has 4 N–H and O–H groups in total. The molecule has 0 bridgehead atoms. The first kappa shape index (κ1) is 54.0. The Morgan fingerprint density at radius 3 is 0.833 bits per heavy atom. The molecule has 0 saturated carbocycles. The second-order valence-electron chi connectivity index (χ2n) is 19.3. The van der Waals surface area contributed by atoms with Crippen LogP contribution in [-0.4, -0.2) is 8.41 Å². The van der Waals surface area contributed by atoms with E-state index in [1.807, 2.05) is 60.7 Å². The summed E-state index contributed by atoms with van der Waals surface area (Å²) in [6.07, 6.45) is 0. The molecule has 0 saturated heterocycles. The third kappa shape index (κ3) is 12.0. The summed E-state index contributed by atoms with van der Waals surface area (Å²) in [4.78, 5) is 0. The summed E-state index contributed by atoms with van der Waals surface area (Å²) in [5.41, 5.74) is 27.6. The molecule has 0 spiro atoms. The molecule has 0 amide bonds. The van der Waals surface area contributed by atoms with E-state index in [4.69, 9.17) is 11.5 Å². The van der Waals surface area contributed by atoms with Crippen molar-refractivity contribution < 1.29 is 19.5 Å². The topological polar surface area (TPSA) is 52.0 Å². The Morgan fingerprint density at radius 2 is 0.556 bits per heavy atom. The molecule has 10 aromatic rings. The third-order valence-electron chi connectivity index (χ3n) is 13.2. The molecule has 0 fully saturated rings. The fraction of sp³-hybridized carbons (Fsp3) is 0.152. The van der Waals surface area contributed by atoms with Gasteiger partial charge in [-0.25, -0.2) is 0 Å². The van der Waals surface area contributed by atoms with Crippen LogP contribution in [0.5, 0.6) is 0 Å². The second-order valence-corrected chi connectivity index (χ2v) is 23.7. The van der Waals surface area contributed by atoms with Crippen LogP contribution in [0.2, 0.25) is 0 Å². The van der Waals surface area contributed by atoms with Crippen molar-refractivity contribution in [1.82, 2.24) is 0 Å². The molecule has 0 aromatic heterocycles. The largest absolute Gasteiger partial charge is 1.00 e. The molecule has 5 radical (unpaired) electrons. The van der Waals surface area contributed by atoms with Crippen molar-refractivity contribution in [3.05, 3.63) is 262 Å². The van der Waals surface area contributed by atoms with Gasteiger partial charge < -0.3 is 19.9 Å². The second kappa shape index (κ2) is 23.8. The SMILES string of the molecule is Cc1cc(C)cc(P(c2cc(C)cc(C)c2)c2ccc3ccccc3c2-c2c(P(c3cc(C)cc(C)c3)c3cc(C)cc(C)c3)ccc3ccccc23)c1.N[C@@H](c1ccccc1)[C@@H](N)c1ccccc1.[B-].[Ru+]. The molecule has 359 valence electrons. The molecule has 0 aliphatic heterocycles. The summed E-state index contributed by atoms with van der Waals surface area (Å²) in [5, 5.41) is 13.6. The zero-order valence-electron chi connectivity index (χ0n) is 42.8. The Kier molecular flexibility index (Phi) is 17.9. The van der Waals surface area contributed by atoms with Crippen LogP contribution in [0, 0.1) is 55.4 Å². The summed E-state index contributed by atoms with van der Waals surface area (Å²) in [7, 11) is -1.87. The van der Waals surface area contributed by atoms with Gasteiger partial charge in [0.15, 0.2) is 0 Å². The van der Waals surface area contributed by atoms with Gasteiger partial charge in [-0.3, -0.25) is 0 Å². The number of fused-ring (bicyclic) bond motifs is 2. The van der Waals surface area contributed by atoms with E-state index in [1.54, 1.807) is 0 Å². The van der Waals surface area contributed by atoms with Gasteiger partial charge in [-0.2, -0.15) is 0 Å². The fourth-order valence-corrected chi connectivity index (χ4v) is 16.1. The molecular formula is C66H64BN2P2Ru. The van der Waals surface area contributed by atoms with Crippen LogP contribution in [0.25, 0.3) is 32.7 Å². The first-order chi connectivity index (χ1) is 33.8. The van der Waals surface area contributed by atoms with Gasteiger partial charge in [0.05, 0.1) is 0 Å². The predicted octanol–water partition coefficient (Wildman–Crippen LogP) is 13.6. The number of aryl methyl sites for hydroxylation is 8. The smallest absolute Gasteiger partial charge is 1.00 e. The van der Waals surface area contributed by atoms with E-state index in [9.17, 15) is 0 Å². The van der Waals surface area contributed by atoms with Gasteiger partial charge in [0.25, 0.3) is 0 Å². The van der Waals surface area contributed by atoms with Gasteiger partial charge in [-0.1, -0.05) is 251 Å². The number of hydrogen-bond donors (Lipinski definition) is 2. The molecular weight excluding hydrogens is 995 g/mol. The predicted molar refractivity (Wildman–Crippen MR) is 315 cm³/mol. The van der Waals surface area contributed by atoms with Gasteiger partial charge in [0.1, 0.15) is 0 Å². The van der Waals surface area contributed by atoms with E-state index in [-0.39, 0.29) is 40.0 Å². The number of hydrogen-bond acceptors (Lipinski definition) is 2. The first-order valence-corrected chi connectivity index (χ1v) is 27.1. The average molecular weight is 1060 g/mol. The van der Waals surface area contributed by atoms with Crippen molar-refractivity contribution in [3.63, 3.8) is 0 Å². The van der Waals surface area contributed by atoms with Crippen LogP contribution in [-0.2, 0) is 19.5 Å². The van der Waals surface area contributed by atoms with E-state index in [0.717, 1.165) is 11.1 Å². The Labute approximate surface area is 446 Å². The van der Waals surface area contributed by atoms with Crippen molar-refractivity contribution >= 4 is 77.6 Å². The molecule has 0 aliphatic rings. The third-order valence-corrected chi connectivity index (χ3v) is 18.0. The summed E-state index contributed by atoms with van der Waals surface area (Å²) in [6.45, 7) is 18.0. The minimum Gasteiger partial charge on any atom is -1.00 e. The molecule has 72 heavy (non-hydrogen) atoms. The van der Waals surface area contributed by atoms with Crippen LogP contribution in [0.3, 0.4) is 0 Å². The minimum absolute atomic E-state index is 0. The number of benzene rings is 10. The molecule has 10 aromatic carbocycles. The van der Waals surface area contributed by atoms with Gasteiger partial charge in [-0.05, 0) is 147 Å². The van der Waals surface area contributed by atoms with E-state index in [2.05, 4.69) is 201 Å². The zero-order chi connectivity index (χ0) is 49.1. The summed E-state index contributed by atoms with van der Waals surface area (Å²) in [6, 6.07) is 76.2. The van der Waals surface area contributed by atoms with Crippen molar-refractivity contribution in [3.8, 4) is 11.1 Å². The van der Waals surface area contributed by atoms with Crippen molar-refractivity contribution in [2.24, 2.45) is 11.5 Å². The first-order valence-electron chi connectivity index (χ1n) is 24.4. The molecule has 0 heterocycles. The Bertz CT molecular complexity index is 3070. The summed E-state index contributed by atoms with van der Waals surface area (Å²) in [5.74, 6) is 0. The molecule has 0 aliphatic carbocycles. The van der Waals surface area contributed by atoms with E-state index in [0.29, 0.717) is 0 Å². The van der Waals surface area contributed by atoms with Crippen LogP contribution in [0.4, 0.5) is 0 Å². The zero-order valence-corrected chi connectivity index (χ0v) is 46.3. The molecule has 0 unspecified atom stereocenters. The maximum absolute atomic E-state index is 6.15. The molecule has 10 rings (SSSR count). The van der Waals surface area contributed by atoms with Gasteiger partial charge in [0.2, 0.25) is 0 Å². The van der Waals surface area contributed by atoms with E-state index >= 15 is 0 Å². The van der Waals surface area contributed by atoms with Gasteiger partial charge in [0, 0.05) is 12.1 Å². The average Bonchev–Trinajstić information content (AvgIpc) is 3.33. The van der Waals surface area contributed by atoms with Crippen molar-refractivity contribution in [1.29, 1.82) is 0 Å². The van der Waals surface area contributed by atoms with E-state index in [1.165, 1.54) is 109 Å². The van der Waals surface area contributed by atoms with Gasteiger partial charge in [-0.15, -0.1) is 0 Å². The van der Waals surface area contributed by atoms with Gasteiger partial charge >= 0.3 is 19.5 Å². The van der Waals surface area contributed by atoms with Crippen molar-refractivity contribution in [2.75, 3.05) is 0 Å². The Balaban J connectivity index is 0.000000360. The quantitative estimate of drug-likeness (QED) is 0.106. The summed E-state index contributed by atoms with van der Waals surface area (Å²) < 4.78 is 0. The monoisotopic (exact) mass is 1060 g/mol. The molecule has 6 heteroatoms. The molecule has 2 nitrogen and oxygen atoms in total. The Morgan fingerprint density at radius 1 is 0.306 bits per heavy atom. The standard InChI is InChI=1S/C52H48P2.C14H16N2.B.Ru/c1-33-21-34(2)26-43(25-33)53(44-27-35(3)22-36(4)28-44)49-19-17-41-13-9-11-15-47(41)51(49)52-48-16-12-10-14-42(48)18-20-50(52)54(45-29-37(5)23-38(6)30-45)46-31-39(7)24-40(8)32-46;15-13(11-7-3-1-4-8-11)14(16)12-9-5-2-6-10-12;;/h9-32H,1-8H3;1-10,13-14H,15-16H2;;/q;;-1;+1/t;13-,14-;;/m.0../s1. The van der Waals surface area contributed by atoms with E-state index < -0.39 is 15.8 Å². The number of nitrogens with two attached hydrogens (primary N) is 2. The minimum atomic E-state index is -0.937. The van der Waals surface area contributed by atoms with Crippen LogP contribution >= 0.6 is 15.8 Å².